The molecule has 2 fully saturated rings. The number of rotatable bonds is 64. The fourth-order valence-corrected chi connectivity index (χ4v) is 19.8. The van der Waals surface area contributed by atoms with Crippen molar-refractivity contribution >= 4 is 69.9 Å². The molecule has 740 valence electrons. The van der Waals surface area contributed by atoms with Crippen molar-refractivity contribution in [2.24, 2.45) is 59.1 Å². The van der Waals surface area contributed by atoms with Gasteiger partial charge in [-0.2, -0.15) is 0 Å². The van der Waals surface area contributed by atoms with Gasteiger partial charge in [-0.25, -0.2) is 21.8 Å². The van der Waals surface area contributed by atoms with E-state index in [2.05, 4.69) is 35.9 Å². The minimum atomic E-state index is -0.885. The van der Waals surface area contributed by atoms with E-state index in [4.69, 9.17) is 59.4 Å². The van der Waals surface area contributed by atoms with Crippen LogP contribution in [0, 0.1) is 47.3 Å². The van der Waals surface area contributed by atoms with E-state index in [1.165, 1.54) is 22.7 Å². The summed E-state index contributed by atoms with van der Waals surface area (Å²) in [4.78, 5) is 148. The van der Waals surface area contributed by atoms with Crippen LogP contribution in [0.3, 0.4) is 0 Å². The summed E-state index contributed by atoms with van der Waals surface area (Å²) in [7, 11) is 13.5. The topological polar surface area (TPSA) is 383 Å². The number of methoxy groups -OCH3 is 4. The van der Waals surface area contributed by atoms with Crippen LogP contribution in [0.1, 0.15) is 182 Å². The molecule has 2 saturated heterocycles. The molecule has 131 heavy (non-hydrogen) atoms. The van der Waals surface area contributed by atoms with Crippen molar-refractivity contribution in [2.75, 3.05) is 162 Å². The lowest BCUT2D eigenvalue weighted by molar-refractivity contribution is -0.148. The molecule has 0 aliphatic carbocycles. The molecule has 2 aromatic heterocycles. The molecule has 2 aliphatic rings. The molecule has 2 aromatic carbocycles. The Morgan fingerprint density at radius 3 is 1.22 bits per heavy atom. The van der Waals surface area contributed by atoms with Gasteiger partial charge in [-0.05, 0) is 99.3 Å². The zero-order valence-electron chi connectivity index (χ0n) is 82.3. The number of hydrogen-bond donors (Lipinski definition) is 6. The molecule has 6 rings (SSSR count). The number of aromatic nitrogens is 2. The number of nitrogens with zero attached hydrogens (tertiary/aromatic N) is 8. The Labute approximate surface area is 788 Å². The molecule has 0 saturated carbocycles. The van der Waals surface area contributed by atoms with Crippen molar-refractivity contribution in [1.82, 2.24) is 60.6 Å². The van der Waals surface area contributed by atoms with E-state index < -0.39 is 96.7 Å². The lowest BCUT2D eigenvalue weighted by Crippen LogP contribution is -2.60. The Balaban J connectivity index is 1.10. The molecule has 0 radical (unpaired) electrons. The van der Waals surface area contributed by atoms with Crippen LogP contribution in [0.4, 0.5) is 0 Å². The minimum absolute atomic E-state index is 0.0444. The fourth-order valence-electron chi connectivity index (χ4n) is 18.2. The number of ether oxygens (including phenoxy) is 9. The number of amides is 8. The average molecular weight is 1880 g/mol. The Morgan fingerprint density at radius 2 is 0.863 bits per heavy atom. The van der Waals surface area contributed by atoms with Gasteiger partial charge in [0, 0.05) is 91.2 Å². The van der Waals surface area contributed by atoms with Crippen LogP contribution >= 0.6 is 22.7 Å². The fraction of sp³-hybridized carbons (Fsp3) is 0.729. The van der Waals surface area contributed by atoms with Gasteiger partial charge >= 0.3 is 0 Å². The second-order valence-corrected chi connectivity index (χ2v) is 38.3. The third-order valence-corrected chi connectivity index (χ3v) is 27.7. The van der Waals surface area contributed by atoms with Crippen LogP contribution in [-0.2, 0) is 104 Å². The van der Waals surface area contributed by atoms with Gasteiger partial charge in [0.1, 0.15) is 22.1 Å². The SMILES string of the molecule is CC[C@H](C)[C@@H]([C@@H](CC(=O)N1CCC[C@H]1[C@H](OC)[C@@H](C)C(=O)N[C@@H](Cc1ccc(-c2csc([C@H](Cc3ccccc3)NC(=O)[C@H](C)[C@@H](OC)[C@@H]3CCCN3C(=O)C[C@@H](OC)[C@H]([C@@H](C)CC)N(C)C(=O)[C@@H](NC(=O)[C@H](C(C)C)N(C)CCOCCOCCOCCON)C(C)C)n2)cc1)c1nccs1)OC)N(C)C(=O)[C@@H](NC(=O)[C@H](C(C)C)N(C)CCOCCOCCON)C(C)C. The molecule has 0 unspecified atom stereocenters. The minimum Gasteiger partial charge on any atom is -0.379 e. The number of benzene rings is 2. The lowest BCUT2D eigenvalue weighted by atomic mass is 9.89. The molecular weight excluding hydrogens is 1720 g/mol. The molecule has 2 aliphatic heterocycles. The predicted molar refractivity (Wildman–Crippen MR) is 508 cm³/mol. The lowest BCUT2D eigenvalue weighted by Gasteiger charge is -2.41. The predicted octanol–water partition coefficient (Wildman–Crippen LogP) is 8.97. The molecule has 0 bridgehead atoms. The van der Waals surface area contributed by atoms with Crippen LogP contribution in [0.2, 0.25) is 0 Å². The zero-order valence-corrected chi connectivity index (χ0v) is 84.0. The second kappa shape index (κ2) is 59.0. The van der Waals surface area contributed by atoms with Crippen LogP contribution in [0.15, 0.2) is 71.6 Å². The van der Waals surface area contributed by atoms with Gasteiger partial charge in [0.05, 0.1) is 182 Å². The highest BCUT2D eigenvalue weighted by atomic mass is 32.1. The summed E-state index contributed by atoms with van der Waals surface area (Å²) >= 11 is 2.89. The molecule has 33 nitrogen and oxygen atoms in total. The van der Waals surface area contributed by atoms with Gasteiger partial charge in [-0.1, -0.05) is 164 Å². The van der Waals surface area contributed by atoms with Crippen molar-refractivity contribution in [2.45, 2.75) is 246 Å². The van der Waals surface area contributed by atoms with Crippen molar-refractivity contribution < 1.29 is 90.7 Å². The van der Waals surface area contributed by atoms with E-state index in [0.717, 1.165) is 21.7 Å². The summed E-state index contributed by atoms with van der Waals surface area (Å²) in [5.74, 6) is 5.67. The van der Waals surface area contributed by atoms with E-state index in [9.17, 15) is 38.4 Å². The quantitative estimate of drug-likeness (QED) is 0.0177. The average Bonchev–Trinajstić information content (AvgIpc) is 1.79. The number of carbonyl (C=O) groups excluding carboxylic acids is 8. The summed E-state index contributed by atoms with van der Waals surface area (Å²) in [6, 6.07) is 12.0. The van der Waals surface area contributed by atoms with Crippen LogP contribution in [0.5, 0.6) is 0 Å². The first-order valence-electron chi connectivity index (χ1n) is 47.0. The molecule has 0 spiro atoms. The molecule has 8 N–H and O–H groups in total. The maximum Gasteiger partial charge on any atom is 0.245 e. The molecule has 8 amide bonds. The Morgan fingerprint density at radius 1 is 0.473 bits per heavy atom. The standard InChI is InChI=1S/C96H160N14O19S2/c1-23-65(11)85(107(17)96(118)82(62(5)6)104-92(116)84(64(9)10)106(16)42-44-124-46-48-126-51-53-128-97)77(119-19)58-79(111)109-39-28-32-75(109)87(121-21)67(13)89(113)100-72(93-99-38-55-130-93)57-70-34-36-71(37-35-70)74-60-131-94(102-74)73(56-69-30-26-25-27-31-69)101-90(114)68(14)88(122-22)76-33-29-40-110(76)80(112)59-78(120-20)86(66(12)24-2)108(18)95(117)81(61(3)4)103-91(115)83(63(7)8)105(15)41-43-123-45-47-125-49-50-127-52-54-129-98/h25-27,30-31,34-38,55,60-68,72-73,75-78,81-88H,23-24,28-29,32-33,39-54,56-59,97-98H2,1-22H3,(H,100,113)(H,101,114)(H,103,115)(H,104,116)/t65-,66-,67+,68+,72-,73-,75-,76-,77+,78+,81-,82-,83-,84-,85-,86-,87+,88+/m0/s1. The molecule has 4 aromatic rings. The molecule has 4 heterocycles. The molecule has 35 heteroatoms. The number of nitrogens with one attached hydrogen (secondary N) is 4. The van der Waals surface area contributed by atoms with Crippen molar-refractivity contribution in [3.05, 3.63) is 92.7 Å². The first-order valence-corrected chi connectivity index (χ1v) is 48.8. The Kier molecular flexibility index (Phi) is 50.7. The normalized spacial score (nSPS) is 18.1. The zero-order chi connectivity index (χ0) is 96.6. The number of likely N-dealkylation sites (tertiary alicyclic amines) is 2. The van der Waals surface area contributed by atoms with Crippen molar-refractivity contribution in [3.63, 3.8) is 0 Å². The van der Waals surface area contributed by atoms with Crippen LogP contribution in [0.25, 0.3) is 11.3 Å². The monoisotopic (exact) mass is 1880 g/mol. The van der Waals surface area contributed by atoms with Crippen LogP contribution < -0.4 is 33.1 Å². The number of thiazole rings is 2. The Hall–Kier alpha value is -7.14. The van der Waals surface area contributed by atoms with Crippen molar-refractivity contribution in [1.29, 1.82) is 0 Å². The Bertz CT molecular complexity index is 3970. The van der Waals surface area contributed by atoms with Gasteiger partial charge in [0.25, 0.3) is 0 Å². The third kappa shape index (κ3) is 34.0. The summed E-state index contributed by atoms with van der Waals surface area (Å²) < 4.78 is 53.0. The number of hydrogen-bond acceptors (Lipinski definition) is 27. The summed E-state index contributed by atoms with van der Waals surface area (Å²) in [5.41, 5.74) is 3.49. The first-order chi connectivity index (χ1) is 62.7. The van der Waals surface area contributed by atoms with E-state index in [1.807, 2.05) is 196 Å². The van der Waals surface area contributed by atoms with Crippen molar-refractivity contribution in [3.8, 4) is 11.3 Å². The van der Waals surface area contributed by atoms with E-state index >= 15 is 0 Å². The van der Waals surface area contributed by atoms with Gasteiger partial charge in [-0.15, -0.1) is 22.7 Å². The van der Waals surface area contributed by atoms with Crippen LogP contribution in [-0.4, -0.2) is 321 Å². The smallest absolute Gasteiger partial charge is 0.245 e. The number of likely N-dealkylation sites (N-methyl/N-ethyl adjacent to an activating group) is 4. The van der Waals surface area contributed by atoms with Gasteiger partial charge < -0.3 is 93.2 Å². The van der Waals surface area contributed by atoms with E-state index in [0.29, 0.717) is 161 Å². The largest absolute Gasteiger partial charge is 0.379 e. The number of carbonyl (C=O) groups is 8. The highest BCUT2D eigenvalue weighted by molar-refractivity contribution is 7.10. The van der Waals surface area contributed by atoms with Gasteiger partial charge in [0.2, 0.25) is 47.3 Å². The first kappa shape index (κ1) is 113. The number of nitrogens with two attached hydrogens (primary N) is 2. The summed E-state index contributed by atoms with van der Waals surface area (Å²) in [5, 5.41) is 18.2. The highest BCUT2D eigenvalue weighted by Gasteiger charge is 2.47. The third-order valence-electron chi connectivity index (χ3n) is 25.9. The summed E-state index contributed by atoms with van der Waals surface area (Å²) in [6.45, 7) is 33.5. The second-order valence-electron chi connectivity index (χ2n) is 36.4. The maximum absolute atomic E-state index is 15.0. The van der Waals surface area contributed by atoms with E-state index in [-0.39, 0.29) is 102 Å². The molecular formula is C96H160N14O19S2. The molecule has 18 atom stereocenters. The van der Waals surface area contributed by atoms with E-state index in [1.54, 1.807) is 58.5 Å². The maximum atomic E-state index is 15.0. The van der Waals surface area contributed by atoms with Gasteiger partial charge in [-0.3, -0.25) is 48.2 Å². The summed E-state index contributed by atoms with van der Waals surface area (Å²) in [6.07, 6.45) is 3.58. The highest BCUT2D eigenvalue weighted by Crippen LogP contribution is 2.36. The van der Waals surface area contributed by atoms with Gasteiger partial charge in [0.15, 0.2) is 0 Å².